The molecule has 6 heteroatoms. The molecule has 92 valence electrons. The minimum absolute atomic E-state index is 0.0436. The average Bonchev–Trinajstić information content (AvgIpc) is 2.94. The molecule has 2 aromatic heterocycles. The zero-order valence-corrected chi connectivity index (χ0v) is 9.89. The number of aromatic nitrogens is 4. The van der Waals surface area contributed by atoms with Gasteiger partial charge in [-0.05, 0) is 30.3 Å². The normalized spacial score (nSPS) is 10.3. The van der Waals surface area contributed by atoms with E-state index in [4.69, 9.17) is 10.00 Å². The number of hydrogen-bond acceptors (Lipinski definition) is 5. The van der Waals surface area contributed by atoms with E-state index in [1.165, 1.54) is 6.33 Å². The molecule has 6 nitrogen and oxygen atoms in total. The highest BCUT2D eigenvalue weighted by molar-refractivity contribution is 5.62. The Morgan fingerprint density at radius 1 is 1.16 bits per heavy atom. The lowest BCUT2D eigenvalue weighted by Gasteiger charge is -2.05. The zero-order valence-electron chi connectivity index (χ0n) is 9.89. The smallest absolute Gasteiger partial charge is 0.252 e. The van der Waals surface area contributed by atoms with Crippen LogP contribution in [0, 0.1) is 11.3 Å². The van der Waals surface area contributed by atoms with Crippen LogP contribution in [0.3, 0.4) is 0 Å². The summed E-state index contributed by atoms with van der Waals surface area (Å²) in [5, 5.41) is 12.6. The summed E-state index contributed by atoms with van der Waals surface area (Å²) >= 11 is 0. The number of benzene rings is 1. The van der Waals surface area contributed by atoms with Gasteiger partial charge in [0.25, 0.3) is 5.78 Å². The highest BCUT2D eigenvalue weighted by atomic mass is 16.5. The molecule has 3 rings (SSSR count). The highest BCUT2D eigenvalue weighted by Crippen LogP contribution is 2.21. The third-order valence-corrected chi connectivity index (χ3v) is 2.63. The molecule has 0 radical (unpaired) electrons. The van der Waals surface area contributed by atoms with Crippen molar-refractivity contribution >= 4 is 5.78 Å². The topological polar surface area (TPSA) is 76.1 Å². The Balaban J connectivity index is 1.98. The maximum Gasteiger partial charge on any atom is 0.252 e. The lowest BCUT2D eigenvalue weighted by molar-refractivity contribution is 0.368. The molecule has 2 heterocycles. The third-order valence-electron chi connectivity index (χ3n) is 2.63. The SMILES string of the molecule is N#CCOc1ccc(-c2ccnc3ncnn23)cc1. The predicted molar refractivity (Wildman–Crippen MR) is 67.3 cm³/mol. The van der Waals surface area contributed by atoms with Gasteiger partial charge in [-0.15, -0.1) is 0 Å². The molecule has 0 aliphatic rings. The van der Waals surface area contributed by atoms with Crippen molar-refractivity contribution in [2.24, 2.45) is 0 Å². The van der Waals surface area contributed by atoms with Gasteiger partial charge in [-0.1, -0.05) is 0 Å². The van der Waals surface area contributed by atoms with Crippen molar-refractivity contribution in [2.45, 2.75) is 0 Å². The Kier molecular flexibility index (Phi) is 2.79. The van der Waals surface area contributed by atoms with Crippen LogP contribution < -0.4 is 4.74 Å². The molecule has 3 aromatic rings. The molecule has 1 aromatic carbocycles. The van der Waals surface area contributed by atoms with E-state index in [9.17, 15) is 0 Å². The van der Waals surface area contributed by atoms with Gasteiger partial charge in [-0.2, -0.15) is 19.9 Å². The first kappa shape index (κ1) is 11.2. The molecule has 19 heavy (non-hydrogen) atoms. The summed E-state index contributed by atoms with van der Waals surface area (Å²) < 4.78 is 6.88. The van der Waals surface area contributed by atoms with Crippen LogP contribution in [0.5, 0.6) is 5.75 Å². The second kappa shape index (κ2) is 4.74. The average molecular weight is 251 g/mol. The lowest BCUT2D eigenvalue weighted by atomic mass is 10.1. The maximum absolute atomic E-state index is 8.45. The molecule has 0 saturated heterocycles. The van der Waals surface area contributed by atoms with Gasteiger partial charge in [0.1, 0.15) is 18.1 Å². The molecule has 0 aliphatic heterocycles. The van der Waals surface area contributed by atoms with Gasteiger partial charge in [0.2, 0.25) is 0 Å². The summed E-state index contributed by atoms with van der Waals surface area (Å²) in [7, 11) is 0. The minimum atomic E-state index is 0.0436. The van der Waals surface area contributed by atoms with E-state index in [1.54, 1.807) is 10.7 Å². The van der Waals surface area contributed by atoms with Crippen LogP contribution >= 0.6 is 0 Å². The van der Waals surface area contributed by atoms with E-state index in [0.29, 0.717) is 11.5 Å². The van der Waals surface area contributed by atoms with Crippen LogP contribution in [0.2, 0.25) is 0 Å². The molecule has 0 atom stereocenters. The molecule has 0 N–H and O–H groups in total. The molecule has 0 bridgehead atoms. The van der Waals surface area contributed by atoms with Crippen LogP contribution in [-0.4, -0.2) is 26.2 Å². The van der Waals surface area contributed by atoms with Crippen LogP contribution in [-0.2, 0) is 0 Å². The minimum Gasteiger partial charge on any atom is -0.479 e. The van der Waals surface area contributed by atoms with Crippen molar-refractivity contribution in [3.8, 4) is 23.1 Å². The number of nitrogens with zero attached hydrogens (tertiary/aromatic N) is 5. The molecule has 0 amide bonds. The molecular formula is C13H9N5O. The molecule has 0 unspecified atom stereocenters. The fourth-order valence-corrected chi connectivity index (χ4v) is 1.79. The van der Waals surface area contributed by atoms with Crippen molar-refractivity contribution in [3.63, 3.8) is 0 Å². The fourth-order valence-electron chi connectivity index (χ4n) is 1.79. The molecule has 0 spiro atoms. The Bertz CT molecular complexity index is 742. The Labute approximate surface area is 108 Å². The quantitative estimate of drug-likeness (QED) is 0.708. The van der Waals surface area contributed by atoms with Crippen molar-refractivity contribution in [3.05, 3.63) is 42.9 Å². The monoisotopic (exact) mass is 251 g/mol. The standard InChI is InChI=1S/C13H9N5O/c14-6-8-19-11-3-1-10(2-4-11)12-5-7-15-13-16-9-17-18(12)13/h1-5,7,9H,8H2. The van der Waals surface area contributed by atoms with Crippen LogP contribution in [0.15, 0.2) is 42.9 Å². The Morgan fingerprint density at radius 3 is 2.79 bits per heavy atom. The van der Waals surface area contributed by atoms with Crippen molar-refractivity contribution in [1.29, 1.82) is 5.26 Å². The van der Waals surface area contributed by atoms with Gasteiger partial charge in [0.05, 0.1) is 5.69 Å². The number of nitriles is 1. The zero-order chi connectivity index (χ0) is 13.1. The number of rotatable bonds is 3. The van der Waals surface area contributed by atoms with E-state index in [2.05, 4.69) is 15.1 Å². The van der Waals surface area contributed by atoms with E-state index >= 15 is 0 Å². The lowest BCUT2D eigenvalue weighted by Crippen LogP contribution is -1.96. The summed E-state index contributed by atoms with van der Waals surface area (Å²) in [5.74, 6) is 1.22. The summed E-state index contributed by atoms with van der Waals surface area (Å²) in [5.41, 5.74) is 1.87. The predicted octanol–water partition coefficient (Wildman–Crippen LogP) is 1.69. The third kappa shape index (κ3) is 2.09. The van der Waals surface area contributed by atoms with E-state index in [1.807, 2.05) is 36.4 Å². The van der Waals surface area contributed by atoms with E-state index < -0.39 is 0 Å². The fraction of sp³-hybridized carbons (Fsp3) is 0.0769. The van der Waals surface area contributed by atoms with Crippen molar-refractivity contribution in [1.82, 2.24) is 19.6 Å². The Hall–Kier alpha value is -2.94. The van der Waals surface area contributed by atoms with Gasteiger partial charge in [-0.3, -0.25) is 0 Å². The summed E-state index contributed by atoms with van der Waals surface area (Å²) in [6, 6.07) is 11.2. The number of fused-ring (bicyclic) bond motifs is 1. The highest BCUT2D eigenvalue weighted by Gasteiger charge is 2.05. The Morgan fingerprint density at radius 2 is 2.00 bits per heavy atom. The molecule has 0 aliphatic carbocycles. The van der Waals surface area contributed by atoms with Crippen LogP contribution in [0.1, 0.15) is 0 Å². The van der Waals surface area contributed by atoms with E-state index in [-0.39, 0.29) is 6.61 Å². The van der Waals surface area contributed by atoms with Crippen LogP contribution in [0.4, 0.5) is 0 Å². The van der Waals surface area contributed by atoms with E-state index in [0.717, 1.165) is 11.3 Å². The largest absolute Gasteiger partial charge is 0.479 e. The van der Waals surface area contributed by atoms with Gasteiger partial charge in [0, 0.05) is 11.8 Å². The molecular weight excluding hydrogens is 242 g/mol. The van der Waals surface area contributed by atoms with Crippen molar-refractivity contribution < 1.29 is 4.74 Å². The second-order valence-corrected chi connectivity index (χ2v) is 3.77. The first-order chi connectivity index (χ1) is 9.38. The van der Waals surface area contributed by atoms with Gasteiger partial charge >= 0.3 is 0 Å². The number of hydrogen-bond donors (Lipinski definition) is 0. The second-order valence-electron chi connectivity index (χ2n) is 3.77. The van der Waals surface area contributed by atoms with Gasteiger partial charge < -0.3 is 4.74 Å². The van der Waals surface area contributed by atoms with Gasteiger partial charge in [0.15, 0.2) is 6.61 Å². The van der Waals surface area contributed by atoms with Crippen molar-refractivity contribution in [2.75, 3.05) is 6.61 Å². The summed E-state index contributed by atoms with van der Waals surface area (Å²) in [6.07, 6.45) is 3.16. The molecule has 0 saturated carbocycles. The first-order valence-corrected chi connectivity index (χ1v) is 5.63. The van der Waals surface area contributed by atoms with Crippen LogP contribution in [0.25, 0.3) is 17.0 Å². The maximum atomic E-state index is 8.45. The first-order valence-electron chi connectivity index (χ1n) is 5.63. The van der Waals surface area contributed by atoms with Gasteiger partial charge in [-0.25, -0.2) is 4.98 Å². The summed E-state index contributed by atoms with van der Waals surface area (Å²) in [6.45, 7) is 0.0436. The molecule has 0 fully saturated rings. The number of ether oxygens (including phenoxy) is 1. The summed E-state index contributed by atoms with van der Waals surface area (Å²) in [4.78, 5) is 8.16.